The van der Waals surface area contributed by atoms with Gasteiger partial charge in [0.2, 0.25) is 0 Å². The van der Waals surface area contributed by atoms with E-state index >= 15 is 0 Å². The molecule has 1 atom stereocenters. The standard InChI is InChI=1S/C15H23N5O2/c1-15(2)6-4-5-13(22-15)10-20-8-12(17-18-20)11-21-14-7-16-19(3)9-14/h7-9,13H,4-6,10-11H2,1-3H3. The predicted molar refractivity (Wildman–Crippen MR) is 80.4 cm³/mol. The Morgan fingerprint density at radius 2 is 2.27 bits per heavy atom. The van der Waals surface area contributed by atoms with Gasteiger partial charge in [0.15, 0.2) is 5.75 Å². The molecule has 0 N–H and O–H groups in total. The summed E-state index contributed by atoms with van der Waals surface area (Å²) < 4.78 is 15.3. The second-order valence-corrected chi connectivity index (χ2v) is 6.46. The topological polar surface area (TPSA) is 67.0 Å². The first kappa shape index (κ1) is 15.0. The Kier molecular flexibility index (Phi) is 4.15. The average molecular weight is 305 g/mol. The summed E-state index contributed by atoms with van der Waals surface area (Å²) in [5.74, 6) is 0.731. The summed E-state index contributed by atoms with van der Waals surface area (Å²) in [4.78, 5) is 0. The molecule has 0 aromatic carbocycles. The molecule has 3 heterocycles. The molecular weight excluding hydrogens is 282 g/mol. The first-order chi connectivity index (χ1) is 10.5. The van der Waals surface area contributed by atoms with Crippen molar-refractivity contribution < 1.29 is 9.47 Å². The molecule has 22 heavy (non-hydrogen) atoms. The molecule has 1 aliphatic heterocycles. The van der Waals surface area contributed by atoms with E-state index in [1.54, 1.807) is 10.9 Å². The molecule has 2 aromatic rings. The SMILES string of the molecule is Cn1cc(OCc2cn(CC3CCCC(C)(C)O3)nn2)cn1. The van der Waals surface area contributed by atoms with Crippen LogP contribution in [0.2, 0.25) is 0 Å². The van der Waals surface area contributed by atoms with E-state index in [1.165, 1.54) is 6.42 Å². The van der Waals surface area contributed by atoms with Crippen molar-refractivity contribution in [2.24, 2.45) is 7.05 Å². The van der Waals surface area contributed by atoms with Gasteiger partial charge in [-0.05, 0) is 33.1 Å². The van der Waals surface area contributed by atoms with Gasteiger partial charge in [0.1, 0.15) is 12.3 Å². The zero-order valence-corrected chi connectivity index (χ0v) is 13.4. The Labute approximate surface area is 130 Å². The van der Waals surface area contributed by atoms with E-state index in [0.29, 0.717) is 6.61 Å². The summed E-state index contributed by atoms with van der Waals surface area (Å²) in [7, 11) is 1.86. The molecule has 1 aliphatic rings. The number of ether oxygens (including phenoxy) is 2. The second kappa shape index (κ2) is 6.08. The van der Waals surface area contributed by atoms with E-state index in [4.69, 9.17) is 9.47 Å². The average Bonchev–Trinajstić information content (AvgIpc) is 3.04. The number of aromatic nitrogens is 5. The fourth-order valence-corrected chi connectivity index (χ4v) is 2.79. The maximum Gasteiger partial charge on any atom is 0.157 e. The molecular formula is C15H23N5O2. The summed E-state index contributed by atoms with van der Waals surface area (Å²) >= 11 is 0. The largest absolute Gasteiger partial charge is 0.484 e. The molecule has 0 aliphatic carbocycles. The van der Waals surface area contributed by atoms with Crippen molar-refractivity contribution in [1.29, 1.82) is 0 Å². The van der Waals surface area contributed by atoms with Crippen LogP contribution in [0.5, 0.6) is 5.75 Å². The number of hydrogen-bond donors (Lipinski definition) is 0. The minimum absolute atomic E-state index is 0.0320. The molecule has 1 fully saturated rings. The lowest BCUT2D eigenvalue weighted by atomic mass is 9.95. The minimum atomic E-state index is -0.0320. The van der Waals surface area contributed by atoms with Crippen molar-refractivity contribution in [3.8, 4) is 5.75 Å². The van der Waals surface area contributed by atoms with E-state index in [9.17, 15) is 0 Å². The van der Waals surface area contributed by atoms with Crippen molar-refractivity contribution >= 4 is 0 Å². The Hall–Kier alpha value is -1.89. The minimum Gasteiger partial charge on any atom is -0.484 e. The van der Waals surface area contributed by atoms with E-state index in [-0.39, 0.29) is 11.7 Å². The Balaban J connectivity index is 1.52. The monoisotopic (exact) mass is 305 g/mol. The number of nitrogens with zero attached hydrogens (tertiary/aromatic N) is 5. The van der Waals surface area contributed by atoms with Crippen LogP contribution in [-0.2, 0) is 24.9 Å². The summed E-state index contributed by atoms with van der Waals surface area (Å²) in [5, 5.41) is 12.4. The molecule has 0 spiro atoms. The van der Waals surface area contributed by atoms with Gasteiger partial charge in [-0.25, -0.2) is 4.68 Å². The highest BCUT2D eigenvalue weighted by atomic mass is 16.5. The predicted octanol–water partition coefficient (Wildman–Crippen LogP) is 1.94. The molecule has 7 nitrogen and oxygen atoms in total. The van der Waals surface area contributed by atoms with Crippen LogP contribution >= 0.6 is 0 Å². The summed E-state index contributed by atoms with van der Waals surface area (Å²) in [6.45, 7) is 5.42. The van der Waals surface area contributed by atoms with E-state index in [1.807, 2.05) is 24.1 Å². The molecule has 1 saturated heterocycles. The van der Waals surface area contributed by atoms with Crippen LogP contribution in [-0.4, -0.2) is 36.5 Å². The van der Waals surface area contributed by atoms with Crippen LogP contribution in [0.1, 0.15) is 38.8 Å². The van der Waals surface area contributed by atoms with Gasteiger partial charge in [0.25, 0.3) is 0 Å². The fraction of sp³-hybridized carbons (Fsp3) is 0.667. The van der Waals surface area contributed by atoms with Crippen molar-refractivity contribution in [2.75, 3.05) is 0 Å². The highest BCUT2D eigenvalue weighted by Gasteiger charge is 2.28. The molecule has 0 amide bonds. The Morgan fingerprint density at radius 3 is 3.00 bits per heavy atom. The van der Waals surface area contributed by atoms with Gasteiger partial charge in [-0.15, -0.1) is 5.10 Å². The van der Waals surface area contributed by atoms with Crippen molar-refractivity contribution in [1.82, 2.24) is 24.8 Å². The zero-order valence-electron chi connectivity index (χ0n) is 13.4. The van der Waals surface area contributed by atoms with Gasteiger partial charge in [-0.3, -0.25) is 4.68 Å². The quantitative estimate of drug-likeness (QED) is 0.844. The van der Waals surface area contributed by atoms with Crippen LogP contribution in [0.15, 0.2) is 18.6 Å². The lowest BCUT2D eigenvalue weighted by Crippen LogP contribution is -2.37. The van der Waals surface area contributed by atoms with Crippen LogP contribution in [0.4, 0.5) is 0 Å². The third-order valence-corrected chi connectivity index (χ3v) is 3.84. The lowest BCUT2D eigenvalue weighted by molar-refractivity contribution is -0.113. The van der Waals surface area contributed by atoms with Crippen LogP contribution in [0, 0.1) is 0 Å². The highest BCUT2D eigenvalue weighted by Crippen LogP contribution is 2.28. The van der Waals surface area contributed by atoms with Gasteiger partial charge >= 0.3 is 0 Å². The summed E-state index contributed by atoms with van der Waals surface area (Å²) in [5.41, 5.74) is 0.773. The van der Waals surface area contributed by atoms with E-state index in [2.05, 4.69) is 29.3 Å². The van der Waals surface area contributed by atoms with Gasteiger partial charge < -0.3 is 9.47 Å². The number of aryl methyl sites for hydroxylation is 1. The molecule has 0 bridgehead atoms. The van der Waals surface area contributed by atoms with Gasteiger partial charge in [0, 0.05) is 7.05 Å². The zero-order chi connectivity index (χ0) is 15.6. The molecule has 7 heteroatoms. The molecule has 0 radical (unpaired) electrons. The molecule has 120 valence electrons. The maximum atomic E-state index is 6.09. The lowest BCUT2D eigenvalue weighted by Gasteiger charge is -2.35. The fourth-order valence-electron chi connectivity index (χ4n) is 2.79. The normalized spacial score (nSPS) is 21.0. The van der Waals surface area contributed by atoms with Crippen LogP contribution in [0.25, 0.3) is 0 Å². The number of hydrogen-bond acceptors (Lipinski definition) is 5. The summed E-state index contributed by atoms with van der Waals surface area (Å²) in [6, 6.07) is 0. The molecule has 0 saturated carbocycles. The van der Waals surface area contributed by atoms with Crippen LogP contribution < -0.4 is 4.74 Å². The first-order valence-electron chi connectivity index (χ1n) is 7.68. The van der Waals surface area contributed by atoms with Crippen LogP contribution in [0.3, 0.4) is 0 Å². The maximum absolute atomic E-state index is 6.09. The third-order valence-electron chi connectivity index (χ3n) is 3.84. The van der Waals surface area contributed by atoms with Crippen molar-refractivity contribution in [2.45, 2.75) is 58.0 Å². The third kappa shape index (κ3) is 3.85. The van der Waals surface area contributed by atoms with Crippen molar-refractivity contribution in [3.05, 3.63) is 24.3 Å². The molecule has 1 unspecified atom stereocenters. The smallest absolute Gasteiger partial charge is 0.157 e. The van der Waals surface area contributed by atoms with E-state index in [0.717, 1.165) is 30.8 Å². The summed E-state index contributed by atoms with van der Waals surface area (Å²) in [6.07, 6.45) is 9.02. The van der Waals surface area contributed by atoms with Crippen molar-refractivity contribution in [3.63, 3.8) is 0 Å². The molecule has 3 rings (SSSR count). The second-order valence-electron chi connectivity index (χ2n) is 6.46. The van der Waals surface area contributed by atoms with Gasteiger partial charge in [-0.1, -0.05) is 5.21 Å². The van der Waals surface area contributed by atoms with Gasteiger partial charge in [0.05, 0.1) is 36.8 Å². The Morgan fingerprint density at radius 1 is 1.41 bits per heavy atom. The highest BCUT2D eigenvalue weighted by molar-refractivity contribution is 5.11. The Bertz CT molecular complexity index is 619. The van der Waals surface area contributed by atoms with Gasteiger partial charge in [-0.2, -0.15) is 5.10 Å². The number of rotatable bonds is 5. The molecule has 2 aromatic heterocycles. The van der Waals surface area contributed by atoms with E-state index < -0.39 is 0 Å². The first-order valence-corrected chi connectivity index (χ1v) is 7.68.